The van der Waals surface area contributed by atoms with Gasteiger partial charge in [0.25, 0.3) is 0 Å². The highest BCUT2D eigenvalue weighted by atomic mass is 35.5. The van der Waals surface area contributed by atoms with E-state index in [0.717, 1.165) is 4.90 Å². The number of carboxylic acid groups (broad SMARTS) is 1. The van der Waals surface area contributed by atoms with Crippen LogP contribution >= 0.6 is 11.6 Å². The van der Waals surface area contributed by atoms with Gasteiger partial charge in [0.2, 0.25) is 5.96 Å². The second-order valence-electron chi connectivity index (χ2n) is 3.66. The maximum atomic E-state index is 11.5. The van der Waals surface area contributed by atoms with Crippen LogP contribution in [0, 0.1) is 0 Å². The third-order valence-corrected chi connectivity index (χ3v) is 2.29. The zero-order chi connectivity index (χ0) is 14.4. The summed E-state index contributed by atoms with van der Waals surface area (Å²) in [6.45, 7) is -0.347. The normalized spacial score (nSPS) is 10.9. The van der Waals surface area contributed by atoms with Crippen LogP contribution in [0.15, 0.2) is 29.3 Å². The maximum Gasteiger partial charge on any atom is 0.348 e. The summed E-state index contributed by atoms with van der Waals surface area (Å²) >= 11 is 5.76. The van der Waals surface area contributed by atoms with Crippen LogP contribution in [0.25, 0.3) is 0 Å². The van der Waals surface area contributed by atoms with Gasteiger partial charge in [0.15, 0.2) is 0 Å². The van der Waals surface area contributed by atoms with E-state index in [4.69, 9.17) is 22.4 Å². The number of anilines is 1. The van der Waals surface area contributed by atoms with Gasteiger partial charge >= 0.3 is 12.0 Å². The van der Waals surface area contributed by atoms with Crippen LogP contribution in [-0.2, 0) is 4.79 Å². The first kappa shape index (κ1) is 14.8. The zero-order valence-corrected chi connectivity index (χ0v) is 10.9. The zero-order valence-electron chi connectivity index (χ0n) is 10.1. The van der Waals surface area contributed by atoms with Gasteiger partial charge in [-0.05, 0) is 18.2 Å². The number of aliphatic imine (C=N–C) groups is 1. The molecule has 1 rings (SSSR count). The molecule has 4 N–H and O–H groups in total. The van der Waals surface area contributed by atoms with Crippen molar-refractivity contribution in [2.24, 2.45) is 10.7 Å². The molecule has 1 aromatic rings. The van der Waals surface area contributed by atoms with Crippen molar-refractivity contribution in [1.82, 2.24) is 4.90 Å². The third-order valence-electron chi connectivity index (χ3n) is 2.06. The average Bonchev–Trinajstić information content (AvgIpc) is 2.27. The Bertz CT molecular complexity index is 518. The number of carbonyl (C=O) groups excluding carboxylic acids is 1. The van der Waals surface area contributed by atoms with Crippen LogP contribution in [0.2, 0.25) is 5.02 Å². The summed E-state index contributed by atoms with van der Waals surface area (Å²) in [5, 5.41) is 11.5. The van der Waals surface area contributed by atoms with E-state index in [0.29, 0.717) is 10.7 Å². The highest BCUT2D eigenvalue weighted by molar-refractivity contribution is 6.30. The van der Waals surface area contributed by atoms with Crippen molar-refractivity contribution in [2.75, 3.05) is 18.9 Å². The number of nitrogens with two attached hydrogens (primary N) is 1. The van der Waals surface area contributed by atoms with Gasteiger partial charge in [0.1, 0.15) is 6.54 Å². The van der Waals surface area contributed by atoms with Gasteiger partial charge in [-0.3, -0.25) is 4.79 Å². The summed E-state index contributed by atoms with van der Waals surface area (Å²) in [4.78, 5) is 26.6. The molecule has 0 unspecified atom stereocenters. The van der Waals surface area contributed by atoms with Gasteiger partial charge in [0, 0.05) is 17.8 Å². The second-order valence-corrected chi connectivity index (χ2v) is 4.10. The molecule has 0 atom stereocenters. The number of benzene rings is 1. The molecule has 7 nitrogen and oxygen atoms in total. The lowest BCUT2D eigenvalue weighted by atomic mass is 10.3. The van der Waals surface area contributed by atoms with Crippen LogP contribution < -0.4 is 11.1 Å². The van der Waals surface area contributed by atoms with Crippen LogP contribution in [0.1, 0.15) is 0 Å². The number of hydrogen-bond donors (Lipinski definition) is 3. The summed E-state index contributed by atoms with van der Waals surface area (Å²) in [7, 11) is 1.42. The van der Waals surface area contributed by atoms with E-state index in [9.17, 15) is 9.59 Å². The first-order chi connectivity index (χ1) is 8.88. The molecule has 19 heavy (non-hydrogen) atoms. The molecule has 0 fully saturated rings. The van der Waals surface area contributed by atoms with E-state index in [1.807, 2.05) is 0 Å². The maximum absolute atomic E-state index is 11.5. The number of carboxylic acids is 1. The number of guanidine groups is 1. The van der Waals surface area contributed by atoms with E-state index >= 15 is 0 Å². The number of carbonyl (C=O) groups is 2. The fourth-order valence-electron chi connectivity index (χ4n) is 1.19. The molecule has 1 aromatic carbocycles. The lowest BCUT2D eigenvalue weighted by molar-refractivity contribution is -0.137. The van der Waals surface area contributed by atoms with Crippen molar-refractivity contribution >= 4 is 35.2 Å². The van der Waals surface area contributed by atoms with Gasteiger partial charge in [-0.2, -0.15) is 4.99 Å². The van der Waals surface area contributed by atoms with Crippen molar-refractivity contribution < 1.29 is 14.7 Å². The fourth-order valence-corrected chi connectivity index (χ4v) is 1.38. The number of urea groups is 1. The minimum Gasteiger partial charge on any atom is -0.480 e. The Morgan fingerprint density at radius 2 is 2.21 bits per heavy atom. The quantitative estimate of drug-likeness (QED) is 0.571. The van der Waals surface area contributed by atoms with Gasteiger partial charge < -0.3 is 21.1 Å². The summed E-state index contributed by atoms with van der Waals surface area (Å²) in [5.41, 5.74) is 5.94. The third kappa shape index (κ3) is 5.26. The summed E-state index contributed by atoms with van der Waals surface area (Å²) in [6, 6.07) is 5.80. The Morgan fingerprint density at radius 3 is 2.79 bits per heavy atom. The molecule has 8 heteroatoms. The molecule has 0 aliphatic carbocycles. The molecular weight excluding hydrogens is 272 g/mol. The monoisotopic (exact) mass is 284 g/mol. The highest BCUT2D eigenvalue weighted by Gasteiger charge is 2.09. The van der Waals surface area contributed by atoms with Crippen LogP contribution in [0.5, 0.6) is 0 Å². The molecule has 0 aliphatic rings. The largest absolute Gasteiger partial charge is 0.480 e. The molecule has 0 bridgehead atoms. The fraction of sp³-hybridized carbons (Fsp3) is 0.182. The number of likely N-dealkylation sites (N-methyl/N-ethyl adjacent to an activating group) is 1. The van der Waals surface area contributed by atoms with Crippen LogP contribution in [0.4, 0.5) is 10.5 Å². The van der Waals surface area contributed by atoms with Crippen LogP contribution in [0.3, 0.4) is 0 Å². The number of halogens is 1. The van der Waals surface area contributed by atoms with Crippen molar-refractivity contribution in [3.8, 4) is 0 Å². The van der Waals surface area contributed by atoms with E-state index in [2.05, 4.69) is 10.3 Å². The van der Waals surface area contributed by atoms with Crippen molar-refractivity contribution in [2.45, 2.75) is 0 Å². The Balaban J connectivity index is 2.66. The number of amides is 2. The predicted octanol–water partition coefficient (Wildman–Crippen LogP) is 1.20. The number of nitrogens with zero attached hydrogens (tertiary/aromatic N) is 2. The number of nitrogens with one attached hydrogen (secondary N) is 1. The second kappa shape index (κ2) is 6.60. The molecule has 0 aliphatic heterocycles. The van der Waals surface area contributed by atoms with Gasteiger partial charge in [-0.15, -0.1) is 0 Å². The van der Waals surface area contributed by atoms with E-state index in [-0.39, 0.29) is 12.5 Å². The van der Waals surface area contributed by atoms with Crippen molar-refractivity contribution in [1.29, 1.82) is 0 Å². The Kier molecular flexibility index (Phi) is 5.13. The Morgan fingerprint density at radius 1 is 1.53 bits per heavy atom. The predicted molar refractivity (Wildman–Crippen MR) is 72.4 cm³/mol. The lowest BCUT2D eigenvalue weighted by Crippen LogP contribution is -2.38. The Hall–Kier alpha value is -2.28. The molecule has 0 saturated carbocycles. The number of aliphatic carboxylic acids is 1. The molecule has 0 aromatic heterocycles. The average molecular weight is 285 g/mol. The smallest absolute Gasteiger partial charge is 0.348 e. The van der Waals surface area contributed by atoms with Gasteiger partial charge in [0.05, 0.1) is 0 Å². The van der Waals surface area contributed by atoms with Crippen molar-refractivity contribution in [3.05, 3.63) is 29.3 Å². The molecule has 2 amide bonds. The molecule has 0 saturated heterocycles. The molecule has 0 radical (unpaired) electrons. The molecule has 102 valence electrons. The van der Waals surface area contributed by atoms with E-state index < -0.39 is 12.0 Å². The summed E-state index contributed by atoms with van der Waals surface area (Å²) < 4.78 is 0. The number of hydrogen-bond acceptors (Lipinski definition) is 2. The molecule has 0 spiro atoms. The minimum atomic E-state index is -1.07. The number of rotatable bonds is 3. The molecular formula is C11H13ClN4O3. The van der Waals surface area contributed by atoms with Crippen LogP contribution in [-0.4, -0.2) is 41.6 Å². The van der Waals surface area contributed by atoms with Gasteiger partial charge in [-0.1, -0.05) is 17.7 Å². The molecule has 0 heterocycles. The van der Waals surface area contributed by atoms with Crippen molar-refractivity contribution in [3.63, 3.8) is 0 Å². The first-order valence-electron chi connectivity index (χ1n) is 5.22. The minimum absolute atomic E-state index is 0.193. The summed E-state index contributed by atoms with van der Waals surface area (Å²) in [6.07, 6.45) is 0. The first-order valence-corrected chi connectivity index (χ1v) is 5.60. The Labute approximate surface area is 114 Å². The SMILES string of the molecule is CN(CC(=O)O)C(N)=NC(=O)Nc1cccc(Cl)c1. The van der Waals surface area contributed by atoms with E-state index in [1.54, 1.807) is 24.3 Å². The standard InChI is InChI=1S/C11H13ClN4O3/c1-16(6-9(17)18)10(13)15-11(19)14-8-4-2-3-7(12)5-8/h2-5H,6H2,1H3,(H,17,18)(H3,13,14,15,19). The highest BCUT2D eigenvalue weighted by Crippen LogP contribution is 2.14. The lowest BCUT2D eigenvalue weighted by Gasteiger charge is -2.14. The topological polar surface area (TPSA) is 108 Å². The van der Waals surface area contributed by atoms with Gasteiger partial charge in [-0.25, -0.2) is 4.79 Å². The van der Waals surface area contributed by atoms with E-state index in [1.165, 1.54) is 7.05 Å². The summed E-state index contributed by atoms with van der Waals surface area (Å²) in [5.74, 6) is -1.27.